The van der Waals surface area contributed by atoms with Crippen LogP contribution in [0.2, 0.25) is 5.02 Å². The first-order chi connectivity index (χ1) is 9.81. The highest BCUT2D eigenvalue weighted by Gasteiger charge is 2.19. The van der Waals surface area contributed by atoms with Crippen LogP contribution in [0.15, 0.2) is 48.5 Å². The van der Waals surface area contributed by atoms with Crippen LogP contribution in [-0.2, 0) is 6.54 Å². The van der Waals surface area contributed by atoms with Crippen LogP contribution in [0.25, 0.3) is 0 Å². The Morgan fingerprint density at radius 3 is 2.80 bits per heavy atom. The molecular weight excluding hydrogens is 274 g/mol. The molecule has 0 aromatic heterocycles. The fourth-order valence-corrected chi connectivity index (χ4v) is 2.40. The smallest absolute Gasteiger partial charge is 0.161 e. The van der Waals surface area contributed by atoms with Gasteiger partial charge in [0.15, 0.2) is 11.5 Å². The van der Waals surface area contributed by atoms with Gasteiger partial charge in [0.2, 0.25) is 0 Å². The van der Waals surface area contributed by atoms with Gasteiger partial charge in [0.1, 0.15) is 12.7 Å². The summed E-state index contributed by atoms with van der Waals surface area (Å²) in [4.78, 5) is 0. The topological polar surface area (TPSA) is 30.5 Å². The number of rotatable bonds is 4. The SMILES string of the molecule is Clc1cccc(CNCC2COc3ccccc3O2)c1. The summed E-state index contributed by atoms with van der Waals surface area (Å²) >= 11 is 5.96. The minimum Gasteiger partial charge on any atom is -0.486 e. The van der Waals surface area contributed by atoms with Crippen LogP contribution in [-0.4, -0.2) is 19.3 Å². The average molecular weight is 290 g/mol. The Balaban J connectivity index is 1.51. The maximum Gasteiger partial charge on any atom is 0.161 e. The van der Waals surface area contributed by atoms with Crippen molar-refractivity contribution in [3.8, 4) is 11.5 Å². The summed E-state index contributed by atoms with van der Waals surface area (Å²) < 4.78 is 11.6. The molecule has 4 heteroatoms. The molecule has 1 aliphatic heterocycles. The van der Waals surface area contributed by atoms with E-state index in [1.165, 1.54) is 0 Å². The maximum absolute atomic E-state index is 5.96. The van der Waals surface area contributed by atoms with Crippen molar-refractivity contribution in [2.24, 2.45) is 0 Å². The van der Waals surface area contributed by atoms with Crippen LogP contribution in [0.5, 0.6) is 11.5 Å². The lowest BCUT2D eigenvalue weighted by Crippen LogP contribution is -2.38. The number of ether oxygens (including phenoxy) is 2. The molecule has 0 fully saturated rings. The Morgan fingerprint density at radius 2 is 1.95 bits per heavy atom. The molecule has 0 saturated carbocycles. The van der Waals surface area contributed by atoms with E-state index >= 15 is 0 Å². The number of halogens is 1. The van der Waals surface area contributed by atoms with Gasteiger partial charge in [-0.15, -0.1) is 0 Å². The maximum atomic E-state index is 5.96. The van der Waals surface area contributed by atoms with Crippen molar-refractivity contribution in [1.29, 1.82) is 0 Å². The molecule has 2 aromatic carbocycles. The van der Waals surface area contributed by atoms with E-state index in [2.05, 4.69) is 5.32 Å². The van der Waals surface area contributed by atoms with Crippen molar-refractivity contribution in [3.63, 3.8) is 0 Å². The summed E-state index contributed by atoms with van der Waals surface area (Å²) in [5.41, 5.74) is 1.16. The van der Waals surface area contributed by atoms with Crippen LogP contribution in [0, 0.1) is 0 Å². The highest BCUT2D eigenvalue weighted by Crippen LogP contribution is 2.30. The van der Waals surface area contributed by atoms with Gasteiger partial charge in [-0.1, -0.05) is 35.9 Å². The van der Waals surface area contributed by atoms with E-state index in [0.717, 1.165) is 35.2 Å². The van der Waals surface area contributed by atoms with Gasteiger partial charge in [-0.2, -0.15) is 0 Å². The highest BCUT2D eigenvalue weighted by molar-refractivity contribution is 6.30. The summed E-state index contributed by atoms with van der Waals surface area (Å²) in [6.45, 7) is 2.07. The van der Waals surface area contributed by atoms with Crippen molar-refractivity contribution in [3.05, 3.63) is 59.1 Å². The third-order valence-electron chi connectivity index (χ3n) is 3.16. The average Bonchev–Trinajstić information content (AvgIpc) is 2.47. The third kappa shape index (κ3) is 3.24. The molecule has 1 aliphatic rings. The second-order valence-electron chi connectivity index (χ2n) is 4.76. The van der Waals surface area contributed by atoms with Crippen molar-refractivity contribution in [1.82, 2.24) is 5.32 Å². The van der Waals surface area contributed by atoms with Crippen molar-refractivity contribution in [2.45, 2.75) is 12.6 Å². The number of para-hydroxylation sites is 2. The highest BCUT2D eigenvalue weighted by atomic mass is 35.5. The molecule has 0 radical (unpaired) electrons. The van der Waals surface area contributed by atoms with Gasteiger partial charge < -0.3 is 14.8 Å². The standard InChI is InChI=1S/C16H16ClNO2/c17-13-5-3-4-12(8-13)9-18-10-14-11-19-15-6-1-2-7-16(15)20-14/h1-8,14,18H,9-11H2. The molecule has 1 heterocycles. The number of nitrogens with one attached hydrogen (secondary N) is 1. The van der Waals surface area contributed by atoms with Crippen LogP contribution in [0.1, 0.15) is 5.56 Å². The normalized spacial score (nSPS) is 16.9. The zero-order chi connectivity index (χ0) is 13.8. The lowest BCUT2D eigenvalue weighted by molar-refractivity contribution is 0.0902. The summed E-state index contributed by atoms with van der Waals surface area (Å²) in [6, 6.07) is 15.6. The van der Waals surface area contributed by atoms with E-state index in [4.69, 9.17) is 21.1 Å². The van der Waals surface area contributed by atoms with Gasteiger partial charge in [-0.05, 0) is 29.8 Å². The summed E-state index contributed by atoms with van der Waals surface area (Å²) in [5.74, 6) is 1.63. The Kier molecular flexibility index (Phi) is 4.09. The van der Waals surface area contributed by atoms with Crippen LogP contribution < -0.4 is 14.8 Å². The zero-order valence-corrected chi connectivity index (χ0v) is 11.8. The Morgan fingerprint density at radius 1 is 1.10 bits per heavy atom. The molecule has 3 nitrogen and oxygen atoms in total. The van der Waals surface area contributed by atoms with E-state index in [0.29, 0.717) is 6.61 Å². The predicted molar refractivity (Wildman–Crippen MR) is 79.5 cm³/mol. The molecule has 0 saturated heterocycles. The van der Waals surface area contributed by atoms with Crippen molar-refractivity contribution >= 4 is 11.6 Å². The van der Waals surface area contributed by atoms with Gasteiger partial charge >= 0.3 is 0 Å². The van der Waals surface area contributed by atoms with Crippen LogP contribution in [0.3, 0.4) is 0 Å². The molecule has 0 spiro atoms. The Hall–Kier alpha value is -1.71. The molecule has 0 bridgehead atoms. The molecule has 1 unspecified atom stereocenters. The summed E-state index contributed by atoms with van der Waals surface area (Å²) in [5, 5.41) is 4.13. The number of hydrogen-bond acceptors (Lipinski definition) is 3. The second-order valence-corrected chi connectivity index (χ2v) is 5.19. The van der Waals surface area contributed by atoms with Crippen molar-refractivity contribution in [2.75, 3.05) is 13.2 Å². The largest absolute Gasteiger partial charge is 0.486 e. The number of hydrogen-bond donors (Lipinski definition) is 1. The van der Waals surface area contributed by atoms with Crippen molar-refractivity contribution < 1.29 is 9.47 Å². The molecular formula is C16H16ClNO2. The number of benzene rings is 2. The predicted octanol–water partition coefficient (Wildman–Crippen LogP) is 3.27. The minimum atomic E-state index is 0.0316. The Bertz CT molecular complexity index is 588. The van der Waals surface area contributed by atoms with Gasteiger partial charge in [0.05, 0.1) is 0 Å². The van der Waals surface area contributed by atoms with Gasteiger partial charge in [0, 0.05) is 18.1 Å². The van der Waals surface area contributed by atoms with E-state index in [1.54, 1.807) is 0 Å². The molecule has 0 amide bonds. The first kappa shape index (κ1) is 13.3. The molecule has 0 aliphatic carbocycles. The molecule has 2 aromatic rings. The van der Waals surface area contributed by atoms with E-state index < -0.39 is 0 Å². The summed E-state index contributed by atoms with van der Waals surface area (Å²) in [7, 11) is 0. The van der Waals surface area contributed by atoms with Gasteiger partial charge in [-0.25, -0.2) is 0 Å². The van der Waals surface area contributed by atoms with Crippen LogP contribution >= 0.6 is 11.6 Å². The van der Waals surface area contributed by atoms with E-state index in [9.17, 15) is 0 Å². The second kappa shape index (κ2) is 6.16. The molecule has 1 N–H and O–H groups in total. The van der Waals surface area contributed by atoms with E-state index in [1.807, 2.05) is 48.5 Å². The lowest BCUT2D eigenvalue weighted by Gasteiger charge is -2.26. The number of fused-ring (bicyclic) bond motifs is 1. The first-order valence-electron chi connectivity index (χ1n) is 6.65. The minimum absolute atomic E-state index is 0.0316. The quantitative estimate of drug-likeness (QED) is 0.937. The van der Waals surface area contributed by atoms with E-state index in [-0.39, 0.29) is 6.10 Å². The zero-order valence-electron chi connectivity index (χ0n) is 11.0. The summed E-state index contributed by atoms with van der Waals surface area (Å²) in [6.07, 6.45) is 0.0316. The molecule has 3 rings (SSSR count). The fourth-order valence-electron chi connectivity index (χ4n) is 2.19. The molecule has 104 valence electrons. The first-order valence-corrected chi connectivity index (χ1v) is 7.03. The monoisotopic (exact) mass is 289 g/mol. The van der Waals surface area contributed by atoms with Crippen LogP contribution in [0.4, 0.5) is 0 Å². The molecule has 20 heavy (non-hydrogen) atoms. The Labute approximate surface area is 123 Å². The lowest BCUT2D eigenvalue weighted by atomic mass is 10.2. The molecule has 1 atom stereocenters. The third-order valence-corrected chi connectivity index (χ3v) is 3.39. The van der Waals surface area contributed by atoms with Gasteiger partial charge in [-0.3, -0.25) is 0 Å². The fraction of sp³-hybridized carbons (Fsp3) is 0.250. The van der Waals surface area contributed by atoms with Gasteiger partial charge in [0.25, 0.3) is 0 Å².